The number of ether oxygens (including phenoxy) is 1. The van der Waals surface area contributed by atoms with Crippen LogP contribution < -0.4 is 14.4 Å². The Morgan fingerprint density at radius 3 is 2.37 bits per heavy atom. The zero-order valence-electron chi connectivity index (χ0n) is 16.7. The highest BCUT2D eigenvalue weighted by atomic mass is 32.2. The van der Waals surface area contributed by atoms with Crippen molar-refractivity contribution >= 4 is 27.3 Å². The van der Waals surface area contributed by atoms with Gasteiger partial charge in [-0.15, -0.1) is 0 Å². The second kappa shape index (κ2) is 8.54. The fourth-order valence-electron chi connectivity index (χ4n) is 2.90. The zero-order chi connectivity index (χ0) is 21.9. The summed E-state index contributed by atoms with van der Waals surface area (Å²) in [6.45, 7) is 0. The smallest absolute Gasteiger partial charge is 0.255 e. The normalized spacial score (nSPS) is 11.1. The van der Waals surface area contributed by atoms with Gasteiger partial charge in [-0.05, 0) is 29.8 Å². The Bertz CT molecular complexity index is 1180. The highest BCUT2D eigenvalue weighted by Crippen LogP contribution is 2.35. The SMILES string of the molecule is COc1cccc(C(=O)Nc2cc(-c3ccccc3)c(F)cc2N(C)S(C)(=O)=O)c1. The number of anilines is 2. The summed E-state index contributed by atoms with van der Waals surface area (Å²) >= 11 is 0. The molecule has 30 heavy (non-hydrogen) atoms. The molecule has 0 saturated carbocycles. The van der Waals surface area contributed by atoms with Crippen LogP contribution in [0.25, 0.3) is 11.1 Å². The van der Waals surface area contributed by atoms with Crippen molar-refractivity contribution in [1.29, 1.82) is 0 Å². The Hall–Kier alpha value is -3.39. The average molecular weight is 428 g/mol. The molecular weight excluding hydrogens is 407 g/mol. The van der Waals surface area contributed by atoms with Gasteiger partial charge in [0.1, 0.15) is 11.6 Å². The molecule has 3 rings (SSSR count). The molecule has 1 amide bonds. The van der Waals surface area contributed by atoms with E-state index in [9.17, 15) is 17.6 Å². The molecule has 0 aromatic heterocycles. The van der Waals surface area contributed by atoms with E-state index in [1.165, 1.54) is 20.2 Å². The van der Waals surface area contributed by atoms with E-state index in [1.54, 1.807) is 54.6 Å². The molecule has 3 aromatic carbocycles. The molecular formula is C22H21FN2O4S. The van der Waals surface area contributed by atoms with E-state index in [2.05, 4.69) is 5.32 Å². The van der Waals surface area contributed by atoms with Crippen molar-refractivity contribution in [3.05, 3.63) is 78.1 Å². The molecule has 0 unspecified atom stereocenters. The molecule has 1 N–H and O–H groups in total. The van der Waals surface area contributed by atoms with Crippen LogP contribution in [0.3, 0.4) is 0 Å². The minimum atomic E-state index is -3.69. The van der Waals surface area contributed by atoms with E-state index in [0.29, 0.717) is 16.9 Å². The molecule has 156 valence electrons. The Kier molecular flexibility index (Phi) is 6.07. The average Bonchev–Trinajstić information content (AvgIpc) is 2.74. The van der Waals surface area contributed by atoms with Gasteiger partial charge < -0.3 is 10.1 Å². The summed E-state index contributed by atoms with van der Waals surface area (Å²) in [7, 11) is -0.901. The molecule has 8 heteroatoms. The number of carbonyl (C=O) groups excluding carboxylic acids is 1. The summed E-state index contributed by atoms with van der Waals surface area (Å²) in [6, 6.07) is 17.8. The van der Waals surface area contributed by atoms with Gasteiger partial charge in [-0.2, -0.15) is 0 Å². The molecule has 0 atom stereocenters. The maximum Gasteiger partial charge on any atom is 0.255 e. The number of carbonyl (C=O) groups is 1. The number of amides is 1. The van der Waals surface area contributed by atoms with Gasteiger partial charge in [-0.25, -0.2) is 12.8 Å². The van der Waals surface area contributed by atoms with Crippen molar-refractivity contribution in [2.45, 2.75) is 0 Å². The third kappa shape index (κ3) is 4.60. The molecule has 0 radical (unpaired) electrons. The zero-order valence-corrected chi connectivity index (χ0v) is 17.5. The molecule has 3 aromatic rings. The van der Waals surface area contributed by atoms with Crippen LogP contribution in [0.5, 0.6) is 5.75 Å². The van der Waals surface area contributed by atoms with E-state index in [4.69, 9.17) is 4.74 Å². The number of hydrogen-bond acceptors (Lipinski definition) is 4. The minimum absolute atomic E-state index is 0.0194. The van der Waals surface area contributed by atoms with Gasteiger partial charge in [0.25, 0.3) is 5.91 Å². The summed E-state index contributed by atoms with van der Waals surface area (Å²) in [4.78, 5) is 12.8. The van der Waals surface area contributed by atoms with Crippen molar-refractivity contribution in [2.75, 3.05) is 30.0 Å². The summed E-state index contributed by atoms with van der Waals surface area (Å²) < 4.78 is 45.1. The lowest BCUT2D eigenvalue weighted by Gasteiger charge is -2.22. The van der Waals surface area contributed by atoms with Gasteiger partial charge in [0.15, 0.2) is 0 Å². The number of rotatable bonds is 6. The molecule has 0 bridgehead atoms. The van der Waals surface area contributed by atoms with E-state index in [-0.39, 0.29) is 16.9 Å². The quantitative estimate of drug-likeness (QED) is 0.640. The molecule has 0 aliphatic rings. The van der Waals surface area contributed by atoms with E-state index >= 15 is 0 Å². The minimum Gasteiger partial charge on any atom is -0.497 e. The van der Waals surface area contributed by atoms with Gasteiger partial charge in [0.05, 0.1) is 24.7 Å². The molecule has 0 heterocycles. The number of methoxy groups -OCH3 is 1. The van der Waals surface area contributed by atoms with Gasteiger partial charge in [-0.3, -0.25) is 9.10 Å². The third-order valence-electron chi connectivity index (χ3n) is 4.59. The van der Waals surface area contributed by atoms with E-state index in [1.807, 2.05) is 0 Å². The van der Waals surface area contributed by atoms with Gasteiger partial charge in [0.2, 0.25) is 10.0 Å². The summed E-state index contributed by atoms with van der Waals surface area (Å²) in [5.74, 6) is -0.589. The van der Waals surface area contributed by atoms with Gasteiger partial charge >= 0.3 is 0 Å². The Balaban J connectivity index is 2.10. The number of nitrogens with zero attached hydrogens (tertiary/aromatic N) is 1. The van der Waals surface area contributed by atoms with Gasteiger partial charge in [-0.1, -0.05) is 36.4 Å². The molecule has 0 saturated heterocycles. The first-order valence-electron chi connectivity index (χ1n) is 8.99. The third-order valence-corrected chi connectivity index (χ3v) is 5.78. The van der Waals surface area contributed by atoms with Crippen LogP contribution in [-0.4, -0.2) is 34.7 Å². The molecule has 0 spiro atoms. The van der Waals surface area contributed by atoms with Crippen molar-refractivity contribution < 1.29 is 22.3 Å². The highest BCUT2D eigenvalue weighted by molar-refractivity contribution is 7.92. The Morgan fingerprint density at radius 1 is 1.03 bits per heavy atom. The number of halogens is 1. The van der Waals surface area contributed by atoms with Crippen LogP contribution in [-0.2, 0) is 10.0 Å². The first-order chi connectivity index (χ1) is 14.2. The predicted octanol–water partition coefficient (Wildman–Crippen LogP) is 4.15. The maximum atomic E-state index is 14.9. The number of sulfonamides is 1. The lowest BCUT2D eigenvalue weighted by Crippen LogP contribution is -2.26. The van der Waals surface area contributed by atoms with E-state index in [0.717, 1.165) is 16.6 Å². The second-order valence-electron chi connectivity index (χ2n) is 6.63. The van der Waals surface area contributed by atoms with Crippen molar-refractivity contribution in [2.24, 2.45) is 0 Å². The fraction of sp³-hybridized carbons (Fsp3) is 0.136. The second-order valence-corrected chi connectivity index (χ2v) is 8.65. The monoisotopic (exact) mass is 428 g/mol. The fourth-order valence-corrected chi connectivity index (χ4v) is 3.41. The summed E-state index contributed by atoms with van der Waals surface area (Å²) in [5, 5.41) is 2.70. The van der Waals surface area contributed by atoms with E-state index < -0.39 is 21.7 Å². The number of nitrogens with one attached hydrogen (secondary N) is 1. The Morgan fingerprint density at radius 2 is 1.73 bits per heavy atom. The first-order valence-corrected chi connectivity index (χ1v) is 10.8. The molecule has 6 nitrogen and oxygen atoms in total. The molecule has 0 fully saturated rings. The molecule has 0 aliphatic heterocycles. The van der Waals surface area contributed by atoms with Crippen molar-refractivity contribution in [1.82, 2.24) is 0 Å². The standard InChI is InChI=1S/C22H21FN2O4S/c1-25(30(3,27)28)21-14-19(23)18(15-8-5-4-6-9-15)13-20(21)24-22(26)16-10-7-11-17(12-16)29-2/h4-14H,1-3H3,(H,24,26). The lowest BCUT2D eigenvalue weighted by molar-refractivity contribution is 0.102. The predicted molar refractivity (Wildman–Crippen MR) is 116 cm³/mol. The summed E-state index contributed by atoms with van der Waals surface area (Å²) in [5.41, 5.74) is 1.33. The van der Waals surface area contributed by atoms with Gasteiger partial charge in [0, 0.05) is 24.2 Å². The van der Waals surface area contributed by atoms with Crippen molar-refractivity contribution in [3.8, 4) is 16.9 Å². The van der Waals surface area contributed by atoms with Crippen LogP contribution in [0.1, 0.15) is 10.4 Å². The summed E-state index contributed by atoms with van der Waals surface area (Å²) in [6.07, 6.45) is 1.00. The molecule has 0 aliphatic carbocycles. The topological polar surface area (TPSA) is 75.7 Å². The maximum absolute atomic E-state index is 14.9. The van der Waals surface area contributed by atoms with Crippen molar-refractivity contribution in [3.63, 3.8) is 0 Å². The first kappa shape index (κ1) is 21.3. The Labute approximate surface area is 175 Å². The van der Waals surface area contributed by atoms with Crippen LogP contribution in [0.2, 0.25) is 0 Å². The largest absolute Gasteiger partial charge is 0.497 e. The highest BCUT2D eigenvalue weighted by Gasteiger charge is 2.21. The number of benzene rings is 3. The lowest BCUT2D eigenvalue weighted by atomic mass is 10.0. The number of hydrogen-bond donors (Lipinski definition) is 1. The van der Waals surface area contributed by atoms with Crippen LogP contribution >= 0.6 is 0 Å². The van der Waals surface area contributed by atoms with Crippen LogP contribution in [0.15, 0.2) is 66.7 Å². The van der Waals surface area contributed by atoms with Crippen LogP contribution in [0, 0.1) is 5.82 Å². The van der Waals surface area contributed by atoms with Crippen LogP contribution in [0.4, 0.5) is 15.8 Å².